The van der Waals surface area contributed by atoms with Gasteiger partial charge in [-0.05, 0) is 48.4 Å². The highest BCUT2D eigenvalue weighted by Crippen LogP contribution is 2.19. The fourth-order valence-electron chi connectivity index (χ4n) is 2.16. The van der Waals surface area contributed by atoms with E-state index in [1.807, 2.05) is 25.1 Å². The molecule has 136 valence electrons. The number of aryl methyl sites for hydroxylation is 1. The molecule has 2 amide bonds. The van der Waals surface area contributed by atoms with Crippen LogP contribution in [-0.2, 0) is 9.59 Å². The molecule has 26 heavy (non-hydrogen) atoms. The van der Waals surface area contributed by atoms with Gasteiger partial charge in [0.05, 0.1) is 13.3 Å². The summed E-state index contributed by atoms with van der Waals surface area (Å²) in [5, 5.41) is 7.24. The minimum atomic E-state index is -0.341. The van der Waals surface area contributed by atoms with Crippen LogP contribution >= 0.6 is 11.6 Å². The normalized spacial score (nSPS) is 10.6. The van der Waals surface area contributed by atoms with Crippen molar-refractivity contribution in [3.63, 3.8) is 0 Å². The third kappa shape index (κ3) is 6.22. The summed E-state index contributed by atoms with van der Waals surface area (Å²) in [7, 11) is 1.58. The van der Waals surface area contributed by atoms with E-state index >= 15 is 0 Å². The lowest BCUT2D eigenvalue weighted by atomic mass is 10.2. The highest BCUT2D eigenvalue weighted by molar-refractivity contribution is 6.30. The van der Waals surface area contributed by atoms with Crippen LogP contribution in [0.2, 0.25) is 5.02 Å². The average molecular weight is 374 g/mol. The lowest BCUT2D eigenvalue weighted by molar-refractivity contribution is -0.124. The number of anilines is 1. The van der Waals surface area contributed by atoms with Gasteiger partial charge in [-0.15, -0.1) is 0 Å². The topological polar surface area (TPSA) is 79.8 Å². The van der Waals surface area contributed by atoms with Gasteiger partial charge in [-0.3, -0.25) is 9.59 Å². The minimum Gasteiger partial charge on any atom is -0.497 e. The third-order valence-electron chi connectivity index (χ3n) is 3.54. The summed E-state index contributed by atoms with van der Waals surface area (Å²) in [5.74, 6) is 0.115. The molecule has 0 saturated carbocycles. The maximum atomic E-state index is 11.9. The first kappa shape index (κ1) is 19.5. The number of carbonyl (C=O) groups is 2. The van der Waals surface area contributed by atoms with Gasteiger partial charge < -0.3 is 10.1 Å². The Labute approximate surface area is 157 Å². The van der Waals surface area contributed by atoms with Crippen molar-refractivity contribution < 1.29 is 14.3 Å². The molecule has 0 radical (unpaired) electrons. The number of nitrogens with zero attached hydrogens (tertiary/aromatic N) is 1. The van der Waals surface area contributed by atoms with E-state index in [1.165, 1.54) is 6.21 Å². The van der Waals surface area contributed by atoms with Crippen LogP contribution in [0.4, 0.5) is 5.69 Å². The molecule has 6 nitrogen and oxygen atoms in total. The smallest absolute Gasteiger partial charge is 0.240 e. The molecule has 0 spiro atoms. The number of hydrazone groups is 1. The summed E-state index contributed by atoms with van der Waals surface area (Å²) in [4.78, 5) is 23.7. The SMILES string of the molecule is COc1cccc(/C=N\NC(=O)CCC(=O)Nc2ccc(Cl)cc2C)c1. The molecule has 0 aromatic heterocycles. The minimum absolute atomic E-state index is 0.0356. The molecule has 0 aliphatic carbocycles. The zero-order chi connectivity index (χ0) is 18.9. The number of hydrogen-bond acceptors (Lipinski definition) is 4. The van der Waals surface area contributed by atoms with Crippen LogP contribution in [0.25, 0.3) is 0 Å². The van der Waals surface area contributed by atoms with Gasteiger partial charge in [0.15, 0.2) is 0 Å². The fourth-order valence-corrected chi connectivity index (χ4v) is 2.39. The quantitative estimate of drug-likeness (QED) is 0.575. The number of amides is 2. The van der Waals surface area contributed by atoms with Crippen molar-refractivity contribution in [1.82, 2.24) is 5.43 Å². The summed E-state index contributed by atoms with van der Waals surface area (Å²) >= 11 is 5.88. The van der Waals surface area contributed by atoms with E-state index in [9.17, 15) is 9.59 Å². The maximum Gasteiger partial charge on any atom is 0.240 e. The van der Waals surface area contributed by atoms with E-state index in [4.69, 9.17) is 16.3 Å². The predicted octanol–water partition coefficient (Wildman–Crippen LogP) is 3.53. The zero-order valence-corrected chi connectivity index (χ0v) is 15.3. The number of ether oxygens (including phenoxy) is 1. The van der Waals surface area contributed by atoms with Crippen LogP contribution in [0.3, 0.4) is 0 Å². The number of methoxy groups -OCH3 is 1. The zero-order valence-electron chi connectivity index (χ0n) is 14.6. The largest absolute Gasteiger partial charge is 0.497 e. The van der Waals surface area contributed by atoms with E-state index < -0.39 is 0 Å². The van der Waals surface area contributed by atoms with Gasteiger partial charge in [0.25, 0.3) is 0 Å². The van der Waals surface area contributed by atoms with Gasteiger partial charge in [-0.2, -0.15) is 5.10 Å². The Morgan fingerprint density at radius 2 is 1.92 bits per heavy atom. The number of benzene rings is 2. The van der Waals surface area contributed by atoms with Crippen LogP contribution in [0, 0.1) is 6.92 Å². The Bertz CT molecular complexity index is 821. The van der Waals surface area contributed by atoms with Crippen molar-refractivity contribution in [1.29, 1.82) is 0 Å². The molecule has 0 atom stereocenters. The molecular formula is C19H20ClN3O3. The summed E-state index contributed by atoms with van der Waals surface area (Å²) in [5.41, 5.74) is 4.73. The number of carbonyl (C=O) groups excluding carboxylic acids is 2. The predicted molar refractivity (Wildman–Crippen MR) is 103 cm³/mol. The molecule has 0 saturated heterocycles. The number of nitrogens with one attached hydrogen (secondary N) is 2. The van der Waals surface area contributed by atoms with E-state index in [-0.39, 0.29) is 24.7 Å². The van der Waals surface area contributed by atoms with E-state index in [2.05, 4.69) is 15.8 Å². The van der Waals surface area contributed by atoms with Crippen molar-refractivity contribution in [3.8, 4) is 5.75 Å². The van der Waals surface area contributed by atoms with Gasteiger partial charge in [-0.1, -0.05) is 23.7 Å². The molecular weight excluding hydrogens is 354 g/mol. The van der Waals surface area contributed by atoms with Gasteiger partial charge in [-0.25, -0.2) is 5.43 Å². The van der Waals surface area contributed by atoms with Crippen molar-refractivity contribution in [2.45, 2.75) is 19.8 Å². The fraction of sp³-hybridized carbons (Fsp3) is 0.211. The number of rotatable bonds is 7. The third-order valence-corrected chi connectivity index (χ3v) is 3.77. The average Bonchev–Trinajstić information content (AvgIpc) is 2.62. The lowest BCUT2D eigenvalue weighted by Crippen LogP contribution is -2.20. The second-order valence-corrected chi connectivity index (χ2v) is 6.01. The molecule has 2 aromatic rings. The van der Waals surface area contributed by atoms with Crippen molar-refractivity contribution >= 4 is 35.3 Å². The van der Waals surface area contributed by atoms with E-state index in [1.54, 1.807) is 31.4 Å². The molecule has 0 heterocycles. The van der Waals surface area contributed by atoms with Crippen molar-refractivity contribution in [2.75, 3.05) is 12.4 Å². The van der Waals surface area contributed by atoms with Crippen LogP contribution in [-0.4, -0.2) is 25.1 Å². The summed E-state index contributed by atoms with van der Waals surface area (Å²) in [6.45, 7) is 1.85. The molecule has 2 aromatic carbocycles. The van der Waals surface area contributed by atoms with Crippen LogP contribution in [0.1, 0.15) is 24.0 Å². The van der Waals surface area contributed by atoms with Crippen LogP contribution in [0.5, 0.6) is 5.75 Å². The standard InChI is InChI=1S/C19H20ClN3O3/c1-13-10-15(20)6-7-17(13)22-18(24)8-9-19(25)23-21-12-14-4-3-5-16(11-14)26-2/h3-7,10-12H,8-9H2,1-2H3,(H,22,24)(H,23,25)/b21-12-. The van der Waals surface area contributed by atoms with Gasteiger partial charge in [0, 0.05) is 23.6 Å². The van der Waals surface area contributed by atoms with Crippen molar-refractivity contribution in [3.05, 3.63) is 58.6 Å². The first-order chi connectivity index (χ1) is 12.5. The first-order valence-electron chi connectivity index (χ1n) is 8.00. The van der Waals surface area contributed by atoms with Crippen LogP contribution in [0.15, 0.2) is 47.6 Å². The highest BCUT2D eigenvalue weighted by atomic mass is 35.5. The molecule has 0 fully saturated rings. The maximum absolute atomic E-state index is 11.9. The van der Waals surface area contributed by atoms with Gasteiger partial charge >= 0.3 is 0 Å². The Kier molecular flexibility index (Phi) is 7.17. The Morgan fingerprint density at radius 3 is 2.65 bits per heavy atom. The number of hydrogen-bond donors (Lipinski definition) is 2. The lowest BCUT2D eigenvalue weighted by Gasteiger charge is -2.08. The molecule has 0 unspecified atom stereocenters. The Morgan fingerprint density at radius 1 is 1.15 bits per heavy atom. The Hall–Kier alpha value is -2.86. The van der Waals surface area contributed by atoms with Crippen molar-refractivity contribution in [2.24, 2.45) is 5.10 Å². The summed E-state index contributed by atoms with van der Waals surface area (Å²) in [6.07, 6.45) is 1.61. The molecule has 0 aliphatic heterocycles. The molecule has 0 aliphatic rings. The summed E-state index contributed by atoms with van der Waals surface area (Å²) in [6, 6.07) is 12.5. The van der Waals surface area contributed by atoms with E-state index in [0.29, 0.717) is 16.5 Å². The van der Waals surface area contributed by atoms with E-state index in [0.717, 1.165) is 11.1 Å². The van der Waals surface area contributed by atoms with Crippen LogP contribution < -0.4 is 15.5 Å². The second-order valence-electron chi connectivity index (χ2n) is 5.58. The molecule has 0 bridgehead atoms. The van der Waals surface area contributed by atoms with Gasteiger partial charge in [0.1, 0.15) is 5.75 Å². The number of halogens is 1. The molecule has 2 rings (SSSR count). The second kappa shape index (κ2) is 9.58. The Balaban J connectivity index is 1.77. The van der Waals surface area contributed by atoms with Gasteiger partial charge in [0.2, 0.25) is 11.8 Å². The molecule has 2 N–H and O–H groups in total. The first-order valence-corrected chi connectivity index (χ1v) is 8.37. The monoisotopic (exact) mass is 373 g/mol. The summed E-state index contributed by atoms with van der Waals surface area (Å²) < 4.78 is 5.11. The molecule has 7 heteroatoms. The highest BCUT2D eigenvalue weighted by Gasteiger charge is 2.08.